The second kappa shape index (κ2) is 6.62. The van der Waals surface area contributed by atoms with Gasteiger partial charge < -0.3 is 10.4 Å². The normalized spacial score (nSPS) is 10.4. The molecule has 2 heterocycles. The zero-order valence-corrected chi connectivity index (χ0v) is 12.5. The van der Waals surface area contributed by atoms with Gasteiger partial charge in [0.2, 0.25) is 0 Å². The summed E-state index contributed by atoms with van der Waals surface area (Å²) in [5, 5.41) is 12.8. The Morgan fingerprint density at radius 1 is 1.13 bits per heavy atom. The second-order valence-electron chi connectivity index (χ2n) is 5.22. The Bertz CT molecular complexity index is 880. The summed E-state index contributed by atoms with van der Waals surface area (Å²) in [6.45, 7) is 3.61. The number of nitrogens with zero attached hydrogens (tertiary/aromatic N) is 2. The third-order valence-corrected chi connectivity index (χ3v) is 3.71. The Balaban J connectivity index is 0.00000192. The lowest BCUT2D eigenvalue weighted by Crippen LogP contribution is -2.22. The van der Waals surface area contributed by atoms with E-state index in [-0.39, 0.29) is 25.2 Å². The molecule has 0 saturated heterocycles. The predicted octanol–water partition coefficient (Wildman–Crippen LogP) is 3.18. The van der Waals surface area contributed by atoms with E-state index in [1.54, 1.807) is 18.3 Å². The molecule has 1 aromatic carbocycles. The molecule has 0 amide bonds. The average molecular weight is 311 g/mol. The second-order valence-corrected chi connectivity index (χ2v) is 5.22. The minimum Gasteiger partial charge on any atom is -0.391 e. The van der Waals surface area contributed by atoms with E-state index in [0.29, 0.717) is 11.5 Å². The first-order valence-electron chi connectivity index (χ1n) is 7.06. The van der Waals surface area contributed by atoms with Gasteiger partial charge >= 0.3 is 0 Å². The Labute approximate surface area is 135 Å². The van der Waals surface area contributed by atoms with Crippen LogP contribution in [-0.2, 0) is 6.61 Å². The van der Waals surface area contributed by atoms with Crippen molar-refractivity contribution >= 4 is 17.2 Å². The largest absolute Gasteiger partial charge is 0.391 e. The van der Waals surface area contributed by atoms with E-state index < -0.39 is 0 Å². The molecule has 0 saturated carbocycles. The van der Waals surface area contributed by atoms with Gasteiger partial charge in [-0.05, 0) is 37.1 Å². The van der Waals surface area contributed by atoms with Crippen molar-refractivity contribution in [2.75, 3.05) is 5.32 Å². The van der Waals surface area contributed by atoms with Gasteiger partial charge in [0.1, 0.15) is 11.5 Å². The molecule has 2 N–H and O–H groups in total. The van der Waals surface area contributed by atoms with Crippen molar-refractivity contribution in [1.82, 2.24) is 9.38 Å². The number of aliphatic hydroxyl groups is 1. The number of nitrogens with one attached hydrogen (secondary N) is 1. The first-order valence-corrected chi connectivity index (χ1v) is 7.06. The minimum atomic E-state index is -0.364. The molecule has 3 rings (SSSR count). The van der Waals surface area contributed by atoms with Crippen LogP contribution in [0.1, 0.15) is 24.1 Å². The number of benzene rings is 1. The van der Waals surface area contributed by atoms with E-state index in [1.165, 1.54) is 4.40 Å². The Kier molecular flexibility index (Phi) is 4.81. The van der Waals surface area contributed by atoms with Crippen LogP contribution in [0.5, 0.6) is 0 Å². The van der Waals surface area contributed by atoms with Crippen LogP contribution in [0.4, 0.5) is 11.5 Å². The highest BCUT2D eigenvalue weighted by atomic mass is 16.3. The van der Waals surface area contributed by atoms with Crippen LogP contribution >= 0.6 is 0 Å². The minimum absolute atomic E-state index is 0. The maximum Gasteiger partial charge on any atom is 0.265 e. The summed E-state index contributed by atoms with van der Waals surface area (Å²) in [5.41, 5.74) is 3.55. The fourth-order valence-electron chi connectivity index (χ4n) is 2.50. The van der Waals surface area contributed by atoms with Crippen LogP contribution in [0.3, 0.4) is 0 Å². The van der Waals surface area contributed by atoms with Crippen molar-refractivity contribution in [3.8, 4) is 0 Å². The summed E-state index contributed by atoms with van der Waals surface area (Å²) in [6.07, 6.45) is 1.65. The molecule has 0 radical (unpaired) electrons. The SMILES string of the molecule is C.Cc1cccc(C)c1Nc1nc2ccccn2c(=O)c1CO. The maximum absolute atomic E-state index is 12.5. The van der Waals surface area contributed by atoms with Gasteiger partial charge in [-0.3, -0.25) is 9.20 Å². The number of fused-ring (bicyclic) bond motifs is 1. The number of hydrogen-bond donors (Lipinski definition) is 2. The molecule has 5 heteroatoms. The molecule has 0 atom stereocenters. The highest BCUT2D eigenvalue weighted by Crippen LogP contribution is 2.24. The van der Waals surface area contributed by atoms with E-state index in [9.17, 15) is 9.90 Å². The summed E-state index contributed by atoms with van der Waals surface area (Å²) < 4.78 is 1.43. The quantitative estimate of drug-likeness (QED) is 0.779. The summed E-state index contributed by atoms with van der Waals surface area (Å²) in [5.74, 6) is 0.399. The Hall–Kier alpha value is -2.66. The highest BCUT2D eigenvalue weighted by Gasteiger charge is 2.13. The van der Waals surface area contributed by atoms with Gasteiger partial charge in [-0.15, -0.1) is 0 Å². The molecule has 3 aromatic rings. The lowest BCUT2D eigenvalue weighted by molar-refractivity contribution is 0.280. The van der Waals surface area contributed by atoms with Crippen molar-refractivity contribution < 1.29 is 5.11 Å². The van der Waals surface area contributed by atoms with E-state index in [1.807, 2.05) is 38.1 Å². The van der Waals surface area contributed by atoms with Crippen LogP contribution in [0.15, 0.2) is 47.4 Å². The number of anilines is 2. The van der Waals surface area contributed by atoms with Crippen molar-refractivity contribution in [2.45, 2.75) is 27.9 Å². The van der Waals surface area contributed by atoms with Gasteiger partial charge in [-0.25, -0.2) is 4.98 Å². The summed E-state index contributed by atoms with van der Waals surface area (Å²) in [4.78, 5) is 16.9. The van der Waals surface area contributed by atoms with Gasteiger partial charge in [0, 0.05) is 11.9 Å². The third-order valence-electron chi connectivity index (χ3n) is 3.71. The number of aromatic nitrogens is 2. The molecule has 0 fully saturated rings. The molecule has 0 bridgehead atoms. The van der Waals surface area contributed by atoms with Gasteiger partial charge in [0.05, 0.1) is 12.2 Å². The molecule has 0 aliphatic carbocycles. The van der Waals surface area contributed by atoms with E-state index in [4.69, 9.17) is 0 Å². The van der Waals surface area contributed by atoms with E-state index >= 15 is 0 Å². The molecule has 23 heavy (non-hydrogen) atoms. The average Bonchev–Trinajstić information content (AvgIpc) is 2.51. The van der Waals surface area contributed by atoms with Crippen molar-refractivity contribution in [2.24, 2.45) is 0 Å². The van der Waals surface area contributed by atoms with Gasteiger partial charge in [-0.1, -0.05) is 31.7 Å². The number of hydrogen-bond acceptors (Lipinski definition) is 4. The maximum atomic E-state index is 12.5. The molecular formula is C18H21N3O2. The number of para-hydroxylation sites is 1. The standard InChI is InChI=1S/C17H17N3O2.CH4/c1-11-6-5-7-12(2)15(11)19-16-13(10-21)17(22)20-9-4-3-8-14(20)18-16;/h3-9,19,21H,10H2,1-2H3;1H4. The lowest BCUT2D eigenvalue weighted by atomic mass is 10.1. The Morgan fingerprint density at radius 3 is 2.48 bits per heavy atom. The highest BCUT2D eigenvalue weighted by molar-refractivity contribution is 5.67. The number of rotatable bonds is 3. The van der Waals surface area contributed by atoms with Crippen LogP contribution < -0.4 is 10.9 Å². The van der Waals surface area contributed by atoms with Crippen LogP contribution in [-0.4, -0.2) is 14.5 Å². The number of aliphatic hydroxyl groups excluding tert-OH is 1. The van der Waals surface area contributed by atoms with E-state index in [0.717, 1.165) is 16.8 Å². The molecule has 2 aromatic heterocycles. The molecule has 5 nitrogen and oxygen atoms in total. The van der Waals surface area contributed by atoms with Crippen LogP contribution in [0, 0.1) is 13.8 Å². The summed E-state index contributed by atoms with van der Waals surface area (Å²) in [6, 6.07) is 11.3. The fourth-order valence-corrected chi connectivity index (χ4v) is 2.50. The van der Waals surface area contributed by atoms with Crippen molar-refractivity contribution in [3.05, 3.63) is 69.6 Å². The summed E-state index contributed by atoms with van der Waals surface area (Å²) in [7, 11) is 0. The third kappa shape index (κ3) is 2.96. The zero-order chi connectivity index (χ0) is 15.7. The first kappa shape index (κ1) is 16.7. The zero-order valence-electron chi connectivity index (χ0n) is 12.5. The topological polar surface area (TPSA) is 66.6 Å². The van der Waals surface area contributed by atoms with Gasteiger partial charge in [0.25, 0.3) is 5.56 Å². The molecular weight excluding hydrogens is 290 g/mol. The smallest absolute Gasteiger partial charge is 0.265 e. The molecule has 0 aliphatic rings. The number of pyridine rings is 1. The summed E-state index contributed by atoms with van der Waals surface area (Å²) >= 11 is 0. The number of aryl methyl sites for hydroxylation is 2. The van der Waals surface area contributed by atoms with Crippen molar-refractivity contribution in [1.29, 1.82) is 0 Å². The molecule has 0 aliphatic heterocycles. The monoisotopic (exact) mass is 311 g/mol. The fraction of sp³-hybridized carbons (Fsp3) is 0.222. The molecule has 0 spiro atoms. The van der Waals surface area contributed by atoms with E-state index in [2.05, 4.69) is 10.3 Å². The molecule has 0 unspecified atom stereocenters. The lowest BCUT2D eigenvalue weighted by Gasteiger charge is -2.15. The Morgan fingerprint density at radius 2 is 1.83 bits per heavy atom. The predicted molar refractivity (Wildman–Crippen MR) is 93.3 cm³/mol. The first-order chi connectivity index (χ1) is 10.6. The van der Waals surface area contributed by atoms with Crippen LogP contribution in [0.25, 0.3) is 5.65 Å². The van der Waals surface area contributed by atoms with Gasteiger partial charge in [-0.2, -0.15) is 0 Å². The van der Waals surface area contributed by atoms with Crippen LogP contribution in [0.2, 0.25) is 0 Å². The van der Waals surface area contributed by atoms with Gasteiger partial charge in [0.15, 0.2) is 0 Å². The molecule has 120 valence electrons. The van der Waals surface area contributed by atoms with Crippen molar-refractivity contribution in [3.63, 3.8) is 0 Å².